The summed E-state index contributed by atoms with van der Waals surface area (Å²) in [5.41, 5.74) is 5.26. The van der Waals surface area contributed by atoms with Crippen molar-refractivity contribution in [2.75, 3.05) is 13.1 Å². The Kier molecular flexibility index (Phi) is 1.48. The highest BCUT2D eigenvalue weighted by Crippen LogP contribution is 2.05. The summed E-state index contributed by atoms with van der Waals surface area (Å²) in [4.78, 5) is 10.6. The van der Waals surface area contributed by atoms with Gasteiger partial charge in [0, 0.05) is 13.1 Å². The number of rotatable bonds is 1. The van der Waals surface area contributed by atoms with Gasteiger partial charge >= 0.3 is 0 Å². The van der Waals surface area contributed by atoms with Crippen LogP contribution in [0.5, 0.6) is 0 Å². The van der Waals surface area contributed by atoms with Gasteiger partial charge in [0.15, 0.2) is 0 Å². The zero-order valence-corrected chi connectivity index (χ0v) is 4.68. The van der Waals surface area contributed by atoms with E-state index < -0.39 is 0 Å². The number of hydrogen-bond donors (Lipinski definition) is 2. The van der Waals surface area contributed by atoms with Crippen LogP contribution in [0, 0.1) is 5.92 Å². The van der Waals surface area contributed by atoms with Gasteiger partial charge in [-0.3, -0.25) is 4.79 Å². The van der Waals surface area contributed by atoms with Crippen LogP contribution in [0.15, 0.2) is 0 Å². The van der Waals surface area contributed by atoms with E-state index in [2.05, 4.69) is 5.32 Å². The van der Waals surface area contributed by atoms with E-state index in [4.69, 9.17) is 5.73 Å². The quantitative estimate of drug-likeness (QED) is 0.463. The van der Waals surface area contributed by atoms with E-state index in [1.54, 1.807) is 0 Å². The molecule has 1 aliphatic heterocycles. The minimum Gasteiger partial charge on any atom is -0.356 e. The van der Waals surface area contributed by atoms with Crippen LogP contribution in [0.4, 0.5) is 0 Å². The van der Waals surface area contributed by atoms with Crippen molar-refractivity contribution < 1.29 is 4.79 Å². The molecule has 1 heterocycles. The van der Waals surface area contributed by atoms with Gasteiger partial charge in [0.25, 0.3) is 0 Å². The molecule has 0 unspecified atom stereocenters. The predicted molar refractivity (Wildman–Crippen MR) is 30.2 cm³/mol. The molecule has 46 valence electrons. The maximum atomic E-state index is 10.6. The standard InChI is InChI=1S/C5H10N2O/c6-3-4-1-2-7-5(4)8/h4H,1-3,6H2,(H,7,8)/t4-/m1/s1. The molecule has 0 aromatic rings. The number of hydrogen-bond acceptors (Lipinski definition) is 2. The molecule has 1 saturated heterocycles. The van der Waals surface area contributed by atoms with Gasteiger partial charge in [0.05, 0.1) is 5.92 Å². The SMILES string of the molecule is NC[C@H]1CCNC1=O. The highest BCUT2D eigenvalue weighted by molar-refractivity contribution is 5.80. The molecule has 0 aromatic carbocycles. The first-order valence-electron chi connectivity index (χ1n) is 2.82. The van der Waals surface area contributed by atoms with Crippen LogP contribution >= 0.6 is 0 Å². The van der Waals surface area contributed by atoms with Crippen molar-refractivity contribution in [3.05, 3.63) is 0 Å². The van der Waals surface area contributed by atoms with E-state index in [0.29, 0.717) is 6.54 Å². The second-order valence-corrected chi connectivity index (χ2v) is 2.01. The van der Waals surface area contributed by atoms with Gasteiger partial charge in [-0.05, 0) is 6.42 Å². The van der Waals surface area contributed by atoms with Gasteiger partial charge < -0.3 is 11.1 Å². The Morgan fingerprint density at radius 2 is 2.62 bits per heavy atom. The topological polar surface area (TPSA) is 55.1 Å². The number of carbonyl (C=O) groups excluding carboxylic acids is 1. The zero-order valence-electron chi connectivity index (χ0n) is 4.68. The van der Waals surface area contributed by atoms with Crippen molar-refractivity contribution in [3.8, 4) is 0 Å². The molecule has 1 atom stereocenters. The summed E-state index contributed by atoms with van der Waals surface area (Å²) in [6.45, 7) is 1.30. The first kappa shape index (κ1) is 5.56. The second kappa shape index (κ2) is 2.13. The van der Waals surface area contributed by atoms with E-state index in [1.807, 2.05) is 0 Å². The van der Waals surface area contributed by atoms with Gasteiger partial charge in [0.1, 0.15) is 0 Å². The molecule has 3 nitrogen and oxygen atoms in total. The fourth-order valence-corrected chi connectivity index (χ4v) is 0.870. The molecule has 0 bridgehead atoms. The van der Waals surface area contributed by atoms with Crippen LogP contribution in [-0.2, 0) is 4.79 Å². The monoisotopic (exact) mass is 114 g/mol. The van der Waals surface area contributed by atoms with Crippen molar-refractivity contribution in [3.63, 3.8) is 0 Å². The van der Waals surface area contributed by atoms with E-state index in [1.165, 1.54) is 0 Å². The third kappa shape index (κ3) is 0.816. The summed E-state index contributed by atoms with van der Waals surface area (Å²) < 4.78 is 0. The van der Waals surface area contributed by atoms with Crippen molar-refractivity contribution >= 4 is 5.91 Å². The van der Waals surface area contributed by atoms with Crippen molar-refractivity contribution in [1.82, 2.24) is 5.32 Å². The van der Waals surface area contributed by atoms with E-state index in [-0.39, 0.29) is 11.8 Å². The van der Waals surface area contributed by atoms with Crippen molar-refractivity contribution in [2.45, 2.75) is 6.42 Å². The summed E-state index contributed by atoms with van der Waals surface area (Å²) in [7, 11) is 0. The second-order valence-electron chi connectivity index (χ2n) is 2.01. The fraction of sp³-hybridized carbons (Fsp3) is 0.800. The Hall–Kier alpha value is -0.570. The minimum atomic E-state index is 0.0926. The lowest BCUT2D eigenvalue weighted by molar-refractivity contribution is -0.122. The van der Waals surface area contributed by atoms with Crippen LogP contribution in [0.3, 0.4) is 0 Å². The van der Waals surface area contributed by atoms with Crippen LogP contribution in [-0.4, -0.2) is 19.0 Å². The molecule has 1 rings (SSSR count). The predicted octanol–water partition coefficient (Wildman–Crippen LogP) is -0.919. The van der Waals surface area contributed by atoms with E-state index in [0.717, 1.165) is 13.0 Å². The lowest BCUT2D eigenvalue weighted by atomic mass is 10.1. The average molecular weight is 114 g/mol. The van der Waals surface area contributed by atoms with Crippen molar-refractivity contribution in [1.29, 1.82) is 0 Å². The summed E-state index contributed by atoms with van der Waals surface area (Å²) in [5.74, 6) is 0.211. The normalized spacial score (nSPS) is 28.1. The zero-order chi connectivity index (χ0) is 5.98. The Bertz CT molecular complexity index is 103. The maximum Gasteiger partial charge on any atom is 0.224 e. The molecule has 0 saturated carbocycles. The molecular weight excluding hydrogens is 104 g/mol. The molecule has 1 fully saturated rings. The van der Waals surface area contributed by atoms with Crippen molar-refractivity contribution in [2.24, 2.45) is 11.7 Å². The van der Waals surface area contributed by atoms with Crippen LogP contribution < -0.4 is 11.1 Å². The van der Waals surface area contributed by atoms with Gasteiger partial charge in [-0.25, -0.2) is 0 Å². The number of carbonyl (C=O) groups is 1. The number of amides is 1. The van der Waals surface area contributed by atoms with Crippen LogP contribution in [0.1, 0.15) is 6.42 Å². The molecule has 1 aliphatic rings. The molecule has 0 spiro atoms. The van der Waals surface area contributed by atoms with Crippen LogP contribution in [0.25, 0.3) is 0 Å². The summed E-state index contributed by atoms with van der Waals surface area (Å²) in [6.07, 6.45) is 0.912. The molecule has 3 heteroatoms. The largest absolute Gasteiger partial charge is 0.356 e. The lowest BCUT2D eigenvalue weighted by Crippen LogP contribution is -2.24. The summed E-state index contributed by atoms with van der Waals surface area (Å²) in [5, 5.41) is 2.70. The Morgan fingerprint density at radius 1 is 1.88 bits per heavy atom. The van der Waals surface area contributed by atoms with Gasteiger partial charge in [0.2, 0.25) is 5.91 Å². The molecule has 8 heavy (non-hydrogen) atoms. The molecular formula is C5H10N2O. The highest BCUT2D eigenvalue weighted by Gasteiger charge is 2.21. The first-order valence-corrected chi connectivity index (χ1v) is 2.82. The van der Waals surface area contributed by atoms with E-state index in [9.17, 15) is 4.79 Å². The summed E-state index contributed by atoms with van der Waals surface area (Å²) >= 11 is 0. The fourth-order valence-electron chi connectivity index (χ4n) is 0.870. The minimum absolute atomic E-state index is 0.0926. The molecule has 0 aliphatic carbocycles. The molecule has 0 aromatic heterocycles. The average Bonchev–Trinajstić information content (AvgIpc) is 2.14. The Labute approximate surface area is 48.2 Å². The van der Waals surface area contributed by atoms with Crippen LogP contribution in [0.2, 0.25) is 0 Å². The summed E-state index contributed by atoms with van der Waals surface area (Å²) in [6, 6.07) is 0. The number of nitrogens with two attached hydrogens (primary N) is 1. The van der Waals surface area contributed by atoms with Gasteiger partial charge in [-0.15, -0.1) is 0 Å². The number of nitrogens with one attached hydrogen (secondary N) is 1. The molecule has 0 radical (unpaired) electrons. The van der Waals surface area contributed by atoms with Gasteiger partial charge in [-0.1, -0.05) is 0 Å². The third-order valence-electron chi connectivity index (χ3n) is 1.45. The Morgan fingerprint density at radius 3 is 2.88 bits per heavy atom. The smallest absolute Gasteiger partial charge is 0.224 e. The lowest BCUT2D eigenvalue weighted by Gasteiger charge is -1.97. The van der Waals surface area contributed by atoms with E-state index >= 15 is 0 Å². The molecule has 3 N–H and O–H groups in total. The van der Waals surface area contributed by atoms with Gasteiger partial charge in [-0.2, -0.15) is 0 Å². The maximum absolute atomic E-state index is 10.6. The molecule has 1 amide bonds. The third-order valence-corrected chi connectivity index (χ3v) is 1.45. The first-order chi connectivity index (χ1) is 3.84. The Balaban J connectivity index is 2.42. The highest BCUT2D eigenvalue weighted by atomic mass is 16.2.